The quantitative estimate of drug-likeness (QED) is 0.683. The fourth-order valence-electron chi connectivity index (χ4n) is 2.03. The molecule has 1 aliphatic heterocycles. The van der Waals surface area contributed by atoms with Gasteiger partial charge in [-0.25, -0.2) is 0 Å². The van der Waals surface area contributed by atoms with Gasteiger partial charge in [0, 0.05) is 0 Å². The zero-order valence-corrected chi connectivity index (χ0v) is 9.35. The first-order chi connectivity index (χ1) is 8.34. The lowest BCUT2D eigenvalue weighted by Crippen LogP contribution is -1.99. The van der Waals surface area contributed by atoms with Crippen LogP contribution in [0.1, 0.15) is 23.2 Å². The van der Waals surface area contributed by atoms with Crippen LogP contribution >= 0.6 is 0 Å². The Bertz CT molecular complexity index is 562. The lowest BCUT2D eigenvalue weighted by Gasteiger charge is -2.02. The summed E-state index contributed by atoms with van der Waals surface area (Å²) in [5.74, 6) is 1.05. The Balaban J connectivity index is 1.94. The maximum atomic E-state index is 12.0. The molecular weight excluding hydrogens is 212 g/mol. The van der Waals surface area contributed by atoms with Gasteiger partial charge in [-0.1, -0.05) is 30.4 Å². The van der Waals surface area contributed by atoms with Crippen molar-refractivity contribution in [1.82, 2.24) is 0 Å². The number of carbonyl (C=O) groups excluding carboxylic acids is 1. The van der Waals surface area contributed by atoms with Crippen LogP contribution in [0.2, 0.25) is 0 Å². The molecule has 1 aromatic carbocycles. The summed E-state index contributed by atoms with van der Waals surface area (Å²) in [4.78, 5) is 12.0. The van der Waals surface area contributed by atoms with Crippen molar-refractivity contribution in [3.05, 3.63) is 65.5 Å². The first-order valence-electron chi connectivity index (χ1n) is 5.74. The fraction of sp³-hybridized carbons (Fsp3) is 0.133. The molecule has 0 amide bonds. The standard InChI is InChI=1S/C15H12O2/c16-15-12-8-4-5-9-13(12)17-14(15)10-11-6-2-1-3-7-11/h2,4-10H,1,3H2. The number of rotatable bonds is 1. The van der Waals surface area contributed by atoms with Crippen molar-refractivity contribution in [3.63, 3.8) is 0 Å². The van der Waals surface area contributed by atoms with Crippen LogP contribution in [-0.4, -0.2) is 5.78 Å². The van der Waals surface area contributed by atoms with E-state index in [9.17, 15) is 4.79 Å². The van der Waals surface area contributed by atoms with Crippen molar-refractivity contribution < 1.29 is 9.53 Å². The predicted molar refractivity (Wildman–Crippen MR) is 65.9 cm³/mol. The van der Waals surface area contributed by atoms with Gasteiger partial charge in [-0.05, 0) is 36.6 Å². The number of allylic oxidation sites excluding steroid dienone is 6. The number of fused-ring (bicyclic) bond motifs is 1. The van der Waals surface area contributed by atoms with E-state index in [2.05, 4.69) is 12.2 Å². The van der Waals surface area contributed by atoms with Crippen LogP contribution in [0, 0.1) is 0 Å². The van der Waals surface area contributed by atoms with E-state index in [4.69, 9.17) is 4.74 Å². The second kappa shape index (κ2) is 4.06. The normalized spacial score (nSPS) is 20.1. The molecule has 0 unspecified atom stereocenters. The van der Waals surface area contributed by atoms with Crippen LogP contribution in [0.25, 0.3) is 0 Å². The Morgan fingerprint density at radius 2 is 2.06 bits per heavy atom. The third-order valence-electron chi connectivity index (χ3n) is 2.90. The minimum atomic E-state index is -0.0273. The van der Waals surface area contributed by atoms with Gasteiger partial charge in [0.1, 0.15) is 5.75 Å². The van der Waals surface area contributed by atoms with E-state index in [1.54, 1.807) is 6.07 Å². The van der Waals surface area contributed by atoms with Gasteiger partial charge >= 0.3 is 0 Å². The number of ether oxygens (including phenoxy) is 1. The molecule has 0 spiro atoms. The summed E-state index contributed by atoms with van der Waals surface area (Å²) in [5, 5.41) is 0. The monoisotopic (exact) mass is 224 g/mol. The lowest BCUT2D eigenvalue weighted by atomic mass is 10.0. The molecule has 84 valence electrons. The van der Waals surface area contributed by atoms with Gasteiger partial charge in [0.25, 0.3) is 0 Å². The molecule has 17 heavy (non-hydrogen) atoms. The van der Waals surface area contributed by atoms with Gasteiger partial charge in [-0.15, -0.1) is 0 Å². The first kappa shape index (κ1) is 10.1. The van der Waals surface area contributed by atoms with Crippen LogP contribution in [0.3, 0.4) is 0 Å². The minimum absolute atomic E-state index is 0.0273. The number of Topliss-reactive ketones (excluding diaryl/α,β-unsaturated/α-hetero) is 1. The average molecular weight is 224 g/mol. The SMILES string of the molecule is O=C1C(=CC2=CCCC=C2)Oc2ccccc21. The molecule has 0 saturated carbocycles. The number of benzene rings is 1. The highest BCUT2D eigenvalue weighted by molar-refractivity contribution is 6.12. The summed E-state index contributed by atoms with van der Waals surface area (Å²) in [6.07, 6.45) is 10.2. The number of carbonyl (C=O) groups is 1. The van der Waals surface area contributed by atoms with Crippen molar-refractivity contribution >= 4 is 5.78 Å². The van der Waals surface area contributed by atoms with E-state index in [0.29, 0.717) is 17.1 Å². The van der Waals surface area contributed by atoms with E-state index < -0.39 is 0 Å². The van der Waals surface area contributed by atoms with E-state index in [-0.39, 0.29) is 5.78 Å². The lowest BCUT2D eigenvalue weighted by molar-refractivity contribution is 0.101. The summed E-state index contributed by atoms with van der Waals surface area (Å²) in [5.41, 5.74) is 1.70. The van der Waals surface area contributed by atoms with Gasteiger partial charge in [0.05, 0.1) is 5.56 Å². The predicted octanol–water partition coefficient (Wildman–Crippen LogP) is 3.42. The second-order valence-electron chi connectivity index (χ2n) is 4.12. The maximum Gasteiger partial charge on any atom is 0.231 e. The van der Waals surface area contributed by atoms with Gasteiger partial charge in [-0.2, -0.15) is 0 Å². The first-order valence-corrected chi connectivity index (χ1v) is 5.74. The second-order valence-corrected chi connectivity index (χ2v) is 4.12. The van der Waals surface area contributed by atoms with Gasteiger partial charge < -0.3 is 4.74 Å². The Labute approximate surface area is 99.9 Å². The molecule has 2 heteroatoms. The Morgan fingerprint density at radius 1 is 1.18 bits per heavy atom. The van der Waals surface area contributed by atoms with Crippen LogP contribution in [0.5, 0.6) is 5.75 Å². The number of para-hydroxylation sites is 1. The molecule has 1 aliphatic carbocycles. The van der Waals surface area contributed by atoms with Crippen LogP contribution in [-0.2, 0) is 0 Å². The topological polar surface area (TPSA) is 26.3 Å². The summed E-state index contributed by atoms with van der Waals surface area (Å²) in [7, 11) is 0. The Hall–Kier alpha value is -2.09. The molecule has 2 nitrogen and oxygen atoms in total. The molecule has 0 N–H and O–H groups in total. The number of ketones is 1. The highest BCUT2D eigenvalue weighted by Crippen LogP contribution is 2.31. The zero-order valence-electron chi connectivity index (χ0n) is 9.35. The van der Waals surface area contributed by atoms with Crippen molar-refractivity contribution in [2.45, 2.75) is 12.8 Å². The third kappa shape index (κ3) is 1.82. The largest absolute Gasteiger partial charge is 0.452 e. The number of hydrogen-bond acceptors (Lipinski definition) is 2. The van der Waals surface area contributed by atoms with Gasteiger partial charge in [0.2, 0.25) is 5.78 Å². The van der Waals surface area contributed by atoms with Crippen molar-refractivity contribution in [2.75, 3.05) is 0 Å². The molecule has 1 heterocycles. The van der Waals surface area contributed by atoms with Crippen molar-refractivity contribution in [3.8, 4) is 5.75 Å². The van der Waals surface area contributed by atoms with Crippen LogP contribution in [0.15, 0.2) is 59.9 Å². The minimum Gasteiger partial charge on any atom is -0.452 e. The summed E-state index contributed by atoms with van der Waals surface area (Å²) in [6, 6.07) is 7.33. The maximum absolute atomic E-state index is 12.0. The Kier molecular flexibility index (Phi) is 2.41. The number of hydrogen-bond donors (Lipinski definition) is 0. The highest BCUT2D eigenvalue weighted by Gasteiger charge is 2.26. The fourth-order valence-corrected chi connectivity index (χ4v) is 2.03. The summed E-state index contributed by atoms with van der Waals surface area (Å²) in [6.45, 7) is 0. The van der Waals surface area contributed by atoms with Gasteiger partial charge in [0.15, 0.2) is 5.76 Å². The van der Waals surface area contributed by atoms with Crippen LogP contribution in [0.4, 0.5) is 0 Å². The van der Waals surface area contributed by atoms with E-state index in [1.165, 1.54) is 0 Å². The smallest absolute Gasteiger partial charge is 0.231 e. The van der Waals surface area contributed by atoms with Crippen LogP contribution < -0.4 is 4.74 Å². The zero-order chi connectivity index (χ0) is 11.7. The van der Waals surface area contributed by atoms with Crippen molar-refractivity contribution in [1.29, 1.82) is 0 Å². The van der Waals surface area contributed by atoms with Crippen molar-refractivity contribution in [2.24, 2.45) is 0 Å². The highest BCUT2D eigenvalue weighted by atomic mass is 16.5. The third-order valence-corrected chi connectivity index (χ3v) is 2.90. The molecule has 0 aromatic heterocycles. The molecule has 0 radical (unpaired) electrons. The van der Waals surface area contributed by atoms with E-state index >= 15 is 0 Å². The van der Waals surface area contributed by atoms with E-state index in [1.807, 2.05) is 30.4 Å². The Morgan fingerprint density at radius 3 is 2.82 bits per heavy atom. The molecule has 2 aliphatic rings. The molecule has 0 fully saturated rings. The molecule has 0 saturated heterocycles. The summed E-state index contributed by atoms with van der Waals surface area (Å²) >= 11 is 0. The van der Waals surface area contributed by atoms with E-state index in [0.717, 1.165) is 18.4 Å². The molecule has 1 aromatic rings. The summed E-state index contributed by atoms with van der Waals surface area (Å²) < 4.78 is 5.56. The molecular formula is C15H12O2. The molecule has 0 bridgehead atoms. The average Bonchev–Trinajstić information content (AvgIpc) is 2.68. The molecule has 3 rings (SSSR count). The molecule has 0 atom stereocenters. The van der Waals surface area contributed by atoms with Gasteiger partial charge in [-0.3, -0.25) is 4.79 Å².